The van der Waals surface area contributed by atoms with Crippen LogP contribution in [-0.4, -0.2) is 21.7 Å². The lowest BCUT2D eigenvalue weighted by molar-refractivity contribution is -0.119. The van der Waals surface area contributed by atoms with Crippen molar-refractivity contribution in [1.82, 2.24) is 15.1 Å². The molecule has 0 aromatic carbocycles. The number of aromatic nitrogens is 2. The van der Waals surface area contributed by atoms with E-state index in [1.807, 2.05) is 17.1 Å². The molecule has 1 aliphatic heterocycles. The second-order valence-electron chi connectivity index (χ2n) is 3.71. The Labute approximate surface area is 83.3 Å². The zero-order valence-corrected chi connectivity index (χ0v) is 8.36. The highest BCUT2D eigenvalue weighted by Gasteiger charge is 2.20. The number of rotatable bonds is 3. The molecule has 14 heavy (non-hydrogen) atoms. The summed E-state index contributed by atoms with van der Waals surface area (Å²) in [5.41, 5.74) is 1.21. The summed E-state index contributed by atoms with van der Waals surface area (Å²) in [6.07, 6.45) is 6.47. The third kappa shape index (κ3) is 1.95. The lowest BCUT2D eigenvalue weighted by atomic mass is 10.1. The molecule has 4 nitrogen and oxygen atoms in total. The molecule has 1 amide bonds. The van der Waals surface area contributed by atoms with Crippen molar-refractivity contribution in [3.8, 4) is 0 Å². The van der Waals surface area contributed by atoms with E-state index in [1.54, 1.807) is 0 Å². The molecule has 0 aliphatic carbocycles. The molecular formula is C10H15N3O. The Bertz CT molecular complexity index is 332. The van der Waals surface area contributed by atoms with Crippen LogP contribution in [-0.2, 0) is 17.8 Å². The summed E-state index contributed by atoms with van der Waals surface area (Å²) < 4.78 is 1.91. The lowest BCUT2D eigenvalue weighted by Crippen LogP contribution is -2.26. The van der Waals surface area contributed by atoms with Crippen LogP contribution in [0.1, 0.15) is 25.3 Å². The molecule has 1 atom stereocenters. The minimum absolute atomic E-state index is 0.179. The van der Waals surface area contributed by atoms with Crippen LogP contribution in [0.25, 0.3) is 0 Å². The highest BCUT2D eigenvalue weighted by molar-refractivity contribution is 5.78. The predicted octanol–water partition coefficient (Wildman–Crippen LogP) is 0.724. The first-order valence-electron chi connectivity index (χ1n) is 5.08. The summed E-state index contributed by atoms with van der Waals surface area (Å²) in [5.74, 6) is 0.179. The molecule has 0 saturated carbocycles. The number of nitrogens with zero attached hydrogens (tertiary/aromatic N) is 2. The first-order valence-corrected chi connectivity index (χ1v) is 5.08. The van der Waals surface area contributed by atoms with Crippen molar-refractivity contribution in [1.29, 1.82) is 0 Å². The van der Waals surface area contributed by atoms with E-state index in [1.165, 1.54) is 5.56 Å². The van der Waals surface area contributed by atoms with Crippen LogP contribution in [0.15, 0.2) is 12.4 Å². The Kier molecular flexibility index (Phi) is 2.52. The molecule has 1 N–H and O–H groups in total. The maximum atomic E-state index is 11.0. The van der Waals surface area contributed by atoms with E-state index in [9.17, 15) is 4.79 Å². The van der Waals surface area contributed by atoms with E-state index < -0.39 is 0 Å². The van der Waals surface area contributed by atoms with Gasteiger partial charge in [0.25, 0.3) is 0 Å². The molecule has 0 spiro atoms. The molecule has 0 radical (unpaired) electrons. The number of hydrogen-bond donors (Lipinski definition) is 1. The average Bonchev–Trinajstić information content (AvgIpc) is 2.76. The number of amides is 1. The zero-order valence-electron chi connectivity index (χ0n) is 8.36. The predicted molar refractivity (Wildman–Crippen MR) is 52.8 cm³/mol. The van der Waals surface area contributed by atoms with Crippen molar-refractivity contribution >= 4 is 5.91 Å². The maximum Gasteiger partial charge on any atom is 0.220 e. The molecule has 2 heterocycles. The number of aryl methyl sites for hydroxylation is 1. The summed E-state index contributed by atoms with van der Waals surface area (Å²) >= 11 is 0. The molecule has 2 rings (SSSR count). The SMILES string of the molecule is CCn1cc(CC2CCC(=O)N2)cn1. The van der Waals surface area contributed by atoms with Gasteiger partial charge in [0.2, 0.25) is 5.91 Å². The molecule has 0 bridgehead atoms. The highest BCUT2D eigenvalue weighted by atomic mass is 16.1. The van der Waals surface area contributed by atoms with E-state index >= 15 is 0 Å². The van der Waals surface area contributed by atoms with Crippen molar-refractivity contribution in [2.45, 2.75) is 38.8 Å². The first kappa shape index (κ1) is 9.24. The van der Waals surface area contributed by atoms with Crippen LogP contribution in [0.2, 0.25) is 0 Å². The fourth-order valence-corrected chi connectivity index (χ4v) is 1.80. The van der Waals surface area contributed by atoms with Gasteiger partial charge in [-0.05, 0) is 25.3 Å². The molecule has 76 valence electrons. The number of carbonyl (C=O) groups excluding carboxylic acids is 1. The van der Waals surface area contributed by atoms with Crippen molar-refractivity contribution in [2.75, 3.05) is 0 Å². The van der Waals surface area contributed by atoms with E-state index in [-0.39, 0.29) is 5.91 Å². The maximum absolute atomic E-state index is 11.0. The van der Waals surface area contributed by atoms with Gasteiger partial charge in [-0.25, -0.2) is 0 Å². The average molecular weight is 193 g/mol. The molecule has 1 saturated heterocycles. The van der Waals surface area contributed by atoms with E-state index in [2.05, 4.69) is 17.3 Å². The summed E-state index contributed by atoms with van der Waals surface area (Å²) in [4.78, 5) is 11.0. The van der Waals surface area contributed by atoms with Crippen LogP contribution < -0.4 is 5.32 Å². The quantitative estimate of drug-likeness (QED) is 0.769. The standard InChI is InChI=1S/C10H15N3O/c1-2-13-7-8(6-11-13)5-9-3-4-10(14)12-9/h6-7,9H,2-5H2,1H3,(H,12,14). The number of carbonyl (C=O) groups is 1. The van der Waals surface area contributed by atoms with Gasteiger partial charge in [0.1, 0.15) is 0 Å². The van der Waals surface area contributed by atoms with Crippen molar-refractivity contribution in [2.24, 2.45) is 0 Å². The van der Waals surface area contributed by atoms with Gasteiger partial charge in [-0.3, -0.25) is 9.48 Å². The molecule has 1 aromatic rings. The van der Waals surface area contributed by atoms with Crippen LogP contribution in [0.4, 0.5) is 0 Å². The molecule has 1 fully saturated rings. The van der Waals surface area contributed by atoms with E-state index in [4.69, 9.17) is 0 Å². The third-order valence-corrected chi connectivity index (χ3v) is 2.58. The molecule has 4 heteroatoms. The molecule has 1 aromatic heterocycles. The first-order chi connectivity index (χ1) is 6.78. The lowest BCUT2D eigenvalue weighted by Gasteiger charge is -2.06. The second-order valence-corrected chi connectivity index (χ2v) is 3.71. The minimum atomic E-state index is 0.179. The topological polar surface area (TPSA) is 46.9 Å². The summed E-state index contributed by atoms with van der Waals surface area (Å²) in [5, 5.41) is 7.15. The monoisotopic (exact) mass is 193 g/mol. The van der Waals surface area contributed by atoms with Gasteiger partial charge >= 0.3 is 0 Å². The van der Waals surface area contributed by atoms with Gasteiger partial charge in [0.15, 0.2) is 0 Å². The van der Waals surface area contributed by atoms with Crippen molar-refractivity contribution < 1.29 is 4.79 Å². The van der Waals surface area contributed by atoms with Gasteiger partial charge < -0.3 is 5.32 Å². The van der Waals surface area contributed by atoms with Gasteiger partial charge in [0.05, 0.1) is 6.20 Å². The normalized spacial score (nSPS) is 21.2. The van der Waals surface area contributed by atoms with Gasteiger partial charge in [-0.2, -0.15) is 5.10 Å². The highest BCUT2D eigenvalue weighted by Crippen LogP contribution is 2.12. The van der Waals surface area contributed by atoms with Gasteiger partial charge in [0, 0.05) is 25.2 Å². The minimum Gasteiger partial charge on any atom is -0.353 e. The van der Waals surface area contributed by atoms with E-state index in [0.29, 0.717) is 12.5 Å². The van der Waals surface area contributed by atoms with Crippen LogP contribution >= 0.6 is 0 Å². The second kappa shape index (κ2) is 3.82. The number of nitrogens with one attached hydrogen (secondary N) is 1. The van der Waals surface area contributed by atoms with Gasteiger partial charge in [-0.15, -0.1) is 0 Å². The fourth-order valence-electron chi connectivity index (χ4n) is 1.80. The van der Waals surface area contributed by atoms with Crippen molar-refractivity contribution in [3.63, 3.8) is 0 Å². The summed E-state index contributed by atoms with van der Waals surface area (Å²) in [7, 11) is 0. The smallest absolute Gasteiger partial charge is 0.220 e. The molecule has 1 unspecified atom stereocenters. The third-order valence-electron chi connectivity index (χ3n) is 2.58. The Morgan fingerprint density at radius 3 is 3.14 bits per heavy atom. The Hall–Kier alpha value is -1.32. The van der Waals surface area contributed by atoms with Crippen LogP contribution in [0.3, 0.4) is 0 Å². The Balaban J connectivity index is 1.93. The number of hydrogen-bond acceptors (Lipinski definition) is 2. The van der Waals surface area contributed by atoms with Gasteiger partial charge in [-0.1, -0.05) is 0 Å². The van der Waals surface area contributed by atoms with Crippen LogP contribution in [0, 0.1) is 0 Å². The zero-order chi connectivity index (χ0) is 9.97. The summed E-state index contributed by atoms with van der Waals surface area (Å²) in [6.45, 7) is 2.96. The van der Waals surface area contributed by atoms with Crippen LogP contribution in [0.5, 0.6) is 0 Å². The Morgan fingerprint density at radius 2 is 2.57 bits per heavy atom. The summed E-state index contributed by atoms with van der Waals surface area (Å²) in [6, 6.07) is 0.317. The Morgan fingerprint density at radius 1 is 1.71 bits per heavy atom. The molecular weight excluding hydrogens is 178 g/mol. The van der Waals surface area contributed by atoms with E-state index in [0.717, 1.165) is 19.4 Å². The molecule has 1 aliphatic rings. The fraction of sp³-hybridized carbons (Fsp3) is 0.600. The largest absolute Gasteiger partial charge is 0.353 e. The van der Waals surface area contributed by atoms with Crippen molar-refractivity contribution in [3.05, 3.63) is 18.0 Å².